The Kier molecular flexibility index (Phi) is 5.03. The number of benzene rings is 1. The van der Waals surface area contributed by atoms with Crippen LogP contribution in [0.1, 0.15) is 42.9 Å². The fraction of sp³-hybridized carbons (Fsp3) is 0.350. The molecule has 0 saturated carbocycles. The lowest BCUT2D eigenvalue weighted by Gasteiger charge is -2.14. The summed E-state index contributed by atoms with van der Waals surface area (Å²) in [6, 6.07) is 9.52. The summed E-state index contributed by atoms with van der Waals surface area (Å²) in [5.41, 5.74) is 10.2. The number of ether oxygens (including phenoxy) is 1. The molecule has 0 aliphatic rings. The maximum absolute atomic E-state index is 12.2. The maximum atomic E-state index is 12.2. The highest BCUT2D eigenvalue weighted by molar-refractivity contribution is 5.97. The van der Waals surface area contributed by atoms with E-state index in [-0.39, 0.29) is 18.2 Å². The number of carbonyl (C=O) groups excluding carboxylic acids is 1. The first-order valence-corrected chi connectivity index (χ1v) is 8.97. The third-order valence-corrected chi connectivity index (χ3v) is 4.32. The summed E-state index contributed by atoms with van der Waals surface area (Å²) in [6.07, 6.45) is 0. The van der Waals surface area contributed by atoms with E-state index in [1.807, 2.05) is 43.3 Å². The summed E-state index contributed by atoms with van der Waals surface area (Å²) >= 11 is 0. The average Bonchev–Trinajstić information content (AvgIpc) is 3.02. The first kappa shape index (κ1) is 18.7. The minimum Gasteiger partial charge on any atom is -0.461 e. The van der Waals surface area contributed by atoms with E-state index in [0.29, 0.717) is 11.3 Å². The minimum atomic E-state index is -0.494. The van der Waals surface area contributed by atoms with Crippen molar-refractivity contribution < 1.29 is 9.53 Å². The van der Waals surface area contributed by atoms with Crippen molar-refractivity contribution in [1.29, 1.82) is 0 Å². The summed E-state index contributed by atoms with van der Waals surface area (Å²) in [5.74, 6) is -0.338. The van der Waals surface area contributed by atoms with Crippen molar-refractivity contribution in [3.8, 4) is 5.69 Å². The van der Waals surface area contributed by atoms with Crippen molar-refractivity contribution >= 4 is 28.4 Å². The van der Waals surface area contributed by atoms with Crippen LogP contribution in [0.4, 0.5) is 11.4 Å². The van der Waals surface area contributed by atoms with E-state index < -0.39 is 5.97 Å². The molecule has 2 N–H and O–H groups in total. The lowest BCUT2D eigenvalue weighted by Crippen LogP contribution is -2.10. The van der Waals surface area contributed by atoms with Crippen LogP contribution < -0.4 is 10.6 Å². The van der Waals surface area contributed by atoms with E-state index in [9.17, 15) is 4.79 Å². The Labute approximate surface area is 158 Å². The zero-order valence-corrected chi connectivity index (χ0v) is 16.4. The van der Waals surface area contributed by atoms with E-state index >= 15 is 0 Å². The van der Waals surface area contributed by atoms with Crippen LogP contribution in [0.25, 0.3) is 16.7 Å². The van der Waals surface area contributed by atoms with Crippen LogP contribution in [0.5, 0.6) is 0 Å². The normalized spacial score (nSPS) is 11.2. The maximum Gasteiger partial charge on any atom is 0.357 e. The van der Waals surface area contributed by atoms with Crippen molar-refractivity contribution in [3.63, 3.8) is 0 Å². The molecular formula is C20H25N5O2. The number of pyridine rings is 1. The van der Waals surface area contributed by atoms with E-state index in [1.165, 1.54) is 0 Å². The highest BCUT2D eigenvalue weighted by Gasteiger charge is 2.21. The van der Waals surface area contributed by atoms with Gasteiger partial charge in [-0.05, 0) is 37.1 Å². The number of hydrogen-bond donors (Lipinski definition) is 1. The Morgan fingerprint density at radius 3 is 2.67 bits per heavy atom. The smallest absolute Gasteiger partial charge is 0.357 e. The van der Waals surface area contributed by atoms with Crippen LogP contribution in [0.2, 0.25) is 0 Å². The van der Waals surface area contributed by atoms with Crippen LogP contribution in [0, 0.1) is 0 Å². The van der Waals surface area contributed by atoms with Gasteiger partial charge in [0, 0.05) is 25.5 Å². The largest absolute Gasteiger partial charge is 0.461 e. The molecule has 0 aliphatic carbocycles. The Morgan fingerprint density at radius 2 is 2.04 bits per heavy atom. The number of aromatic nitrogens is 3. The molecular weight excluding hydrogens is 342 g/mol. The number of anilines is 2. The van der Waals surface area contributed by atoms with Gasteiger partial charge in [0.05, 0.1) is 23.4 Å². The second kappa shape index (κ2) is 7.26. The molecule has 0 spiro atoms. The lowest BCUT2D eigenvalue weighted by molar-refractivity contribution is 0.0520. The molecule has 3 rings (SSSR count). The molecule has 3 aromatic rings. The lowest BCUT2D eigenvalue weighted by atomic mass is 10.1. The standard InChI is InChI=1S/C20H25N5O2/c1-6-27-20(26)16-11-15(21)17-18(12(2)3)23-25(19(17)22-16)14-9-7-8-13(10-14)24(4)5/h7-12H,6H2,1-5H3,(H2,21,22). The Hall–Kier alpha value is -3.09. The predicted octanol–water partition coefficient (Wildman–Crippen LogP) is 3.37. The number of carbonyl (C=O) groups is 1. The molecule has 0 radical (unpaired) electrons. The monoisotopic (exact) mass is 367 g/mol. The average molecular weight is 367 g/mol. The van der Waals surface area contributed by atoms with Crippen molar-refractivity contribution in [3.05, 3.63) is 41.7 Å². The number of nitrogens with zero attached hydrogens (tertiary/aromatic N) is 4. The van der Waals surface area contributed by atoms with Crippen molar-refractivity contribution in [2.24, 2.45) is 0 Å². The first-order valence-electron chi connectivity index (χ1n) is 8.97. The quantitative estimate of drug-likeness (QED) is 0.696. The van der Waals surface area contributed by atoms with Crippen LogP contribution in [-0.2, 0) is 4.74 Å². The van der Waals surface area contributed by atoms with Gasteiger partial charge in [0.15, 0.2) is 11.3 Å². The fourth-order valence-electron chi connectivity index (χ4n) is 2.97. The molecule has 7 heteroatoms. The first-order chi connectivity index (χ1) is 12.8. The summed E-state index contributed by atoms with van der Waals surface area (Å²) in [7, 11) is 3.96. The Balaban J connectivity index is 2.28. The Morgan fingerprint density at radius 1 is 1.30 bits per heavy atom. The van der Waals surface area contributed by atoms with Crippen molar-refractivity contribution in [2.45, 2.75) is 26.7 Å². The van der Waals surface area contributed by atoms with Crippen molar-refractivity contribution in [1.82, 2.24) is 14.8 Å². The van der Waals surface area contributed by atoms with Crippen LogP contribution in [0.15, 0.2) is 30.3 Å². The van der Waals surface area contributed by atoms with Gasteiger partial charge in [0.25, 0.3) is 0 Å². The number of nitrogen functional groups attached to an aromatic ring is 1. The van der Waals surface area contributed by atoms with Crippen LogP contribution >= 0.6 is 0 Å². The molecule has 27 heavy (non-hydrogen) atoms. The summed E-state index contributed by atoms with van der Waals surface area (Å²) in [6.45, 7) is 6.15. The van der Waals surface area contributed by atoms with Gasteiger partial charge in [-0.3, -0.25) is 0 Å². The van der Waals surface area contributed by atoms with Gasteiger partial charge in [0.1, 0.15) is 0 Å². The van der Waals surface area contributed by atoms with Crippen LogP contribution in [-0.4, -0.2) is 41.4 Å². The summed E-state index contributed by atoms with van der Waals surface area (Å²) in [5, 5.41) is 5.54. The fourth-order valence-corrected chi connectivity index (χ4v) is 2.97. The molecule has 142 valence electrons. The van der Waals surface area contributed by atoms with E-state index in [4.69, 9.17) is 15.6 Å². The molecule has 0 fully saturated rings. The topological polar surface area (TPSA) is 86.3 Å². The van der Waals surface area contributed by atoms with Gasteiger partial charge in [-0.2, -0.15) is 5.10 Å². The molecule has 0 atom stereocenters. The van der Waals surface area contributed by atoms with E-state index in [0.717, 1.165) is 22.5 Å². The van der Waals surface area contributed by atoms with E-state index in [1.54, 1.807) is 17.7 Å². The number of rotatable bonds is 5. The molecule has 0 saturated heterocycles. The number of nitrogens with two attached hydrogens (primary N) is 1. The minimum absolute atomic E-state index is 0.156. The second-order valence-electron chi connectivity index (χ2n) is 6.88. The highest BCUT2D eigenvalue weighted by Crippen LogP contribution is 2.31. The number of esters is 1. The zero-order chi connectivity index (χ0) is 19.7. The molecule has 0 bridgehead atoms. The molecule has 7 nitrogen and oxygen atoms in total. The van der Waals surface area contributed by atoms with Gasteiger partial charge in [-0.15, -0.1) is 0 Å². The summed E-state index contributed by atoms with van der Waals surface area (Å²) < 4.78 is 6.84. The molecule has 2 aromatic heterocycles. The van der Waals surface area contributed by atoms with Gasteiger partial charge >= 0.3 is 5.97 Å². The predicted molar refractivity (Wildman–Crippen MR) is 108 cm³/mol. The van der Waals surface area contributed by atoms with Gasteiger partial charge in [-0.25, -0.2) is 14.5 Å². The van der Waals surface area contributed by atoms with Crippen molar-refractivity contribution in [2.75, 3.05) is 31.3 Å². The van der Waals surface area contributed by atoms with Crippen LogP contribution in [0.3, 0.4) is 0 Å². The SMILES string of the molecule is CCOC(=O)c1cc(N)c2c(C(C)C)nn(-c3cccc(N(C)C)c3)c2n1. The molecule has 0 unspecified atom stereocenters. The third kappa shape index (κ3) is 3.45. The molecule has 0 amide bonds. The summed E-state index contributed by atoms with van der Waals surface area (Å²) in [4.78, 5) is 18.8. The second-order valence-corrected chi connectivity index (χ2v) is 6.88. The highest BCUT2D eigenvalue weighted by atomic mass is 16.5. The van der Waals surface area contributed by atoms with Gasteiger partial charge < -0.3 is 15.4 Å². The number of hydrogen-bond acceptors (Lipinski definition) is 6. The molecule has 2 heterocycles. The third-order valence-electron chi connectivity index (χ3n) is 4.32. The van der Waals surface area contributed by atoms with E-state index in [2.05, 4.69) is 18.8 Å². The Bertz CT molecular complexity index is 991. The van der Waals surface area contributed by atoms with Gasteiger partial charge in [0.2, 0.25) is 0 Å². The van der Waals surface area contributed by atoms with Gasteiger partial charge in [-0.1, -0.05) is 19.9 Å². The zero-order valence-electron chi connectivity index (χ0n) is 16.4. The molecule has 1 aromatic carbocycles. The molecule has 0 aliphatic heterocycles. The number of fused-ring (bicyclic) bond motifs is 1.